The molecule has 0 amide bonds. The monoisotopic (exact) mass is 424 g/mol. The van der Waals surface area contributed by atoms with E-state index < -0.39 is 0 Å². The molecule has 3 heterocycles. The lowest BCUT2D eigenvalue weighted by Gasteiger charge is -2.27. The number of aromatic amines is 1. The summed E-state index contributed by atoms with van der Waals surface area (Å²) in [5.41, 5.74) is 2.48. The Bertz CT molecular complexity index is 970. The Morgan fingerprint density at radius 3 is 2.87 bits per heavy atom. The van der Waals surface area contributed by atoms with Gasteiger partial charge >= 0.3 is 0 Å². The van der Waals surface area contributed by atoms with E-state index in [1.54, 1.807) is 0 Å². The van der Waals surface area contributed by atoms with E-state index in [0.717, 1.165) is 56.6 Å². The lowest BCUT2D eigenvalue weighted by atomic mass is 9.89. The molecule has 0 saturated carbocycles. The molecule has 1 unspecified atom stereocenters. The minimum atomic E-state index is 0.160. The summed E-state index contributed by atoms with van der Waals surface area (Å²) in [5.74, 6) is 0.960. The molecule has 0 bridgehead atoms. The van der Waals surface area contributed by atoms with Crippen molar-refractivity contribution in [3.63, 3.8) is 0 Å². The van der Waals surface area contributed by atoms with Crippen molar-refractivity contribution in [2.24, 2.45) is 5.92 Å². The summed E-state index contributed by atoms with van der Waals surface area (Å²) in [6.07, 6.45) is 9.18. The van der Waals surface area contributed by atoms with Crippen molar-refractivity contribution in [2.75, 3.05) is 20.1 Å². The fourth-order valence-corrected chi connectivity index (χ4v) is 5.46. The van der Waals surface area contributed by atoms with E-state index in [-0.39, 0.29) is 5.78 Å². The number of benzene rings is 1. The standard InChI is InChI=1S/C24H32N4OS/c1-3-4-7-17(14-19-16-25-21-9-6-5-8-20(19)21)15-22(29)24-27-26-23(30-24)18-10-12-28(2)13-11-18/h5-6,8-9,16-18,25H,3-4,7,10-15H2,1-2H3. The number of piperidine rings is 1. The van der Waals surface area contributed by atoms with Crippen molar-refractivity contribution in [3.8, 4) is 0 Å². The van der Waals surface area contributed by atoms with E-state index in [0.29, 0.717) is 23.3 Å². The third-order valence-electron chi connectivity index (χ3n) is 6.37. The molecule has 0 aliphatic carbocycles. The van der Waals surface area contributed by atoms with Crippen LogP contribution in [-0.4, -0.2) is 46.0 Å². The second kappa shape index (κ2) is 9.84. The molecule has 0 spiro atoms. The van der Waals surface area contributed by atoms with Gasteiger partial charge in [-0.2, -0.15) is 0 Å². The molecule has 1 saturated heterocycles. The van der Waals surface area contributed by atoms with Crippen molar-refractivity contribution >= 4 is 28.0 Å². The zero-order valence-corrected chi connectivity index (χ0v) is 18.9. The number of likely N-dealkylation sites (tertiary alicyclic amines) is 1. The Morgan fingerprint density at radius 2 is 2.07 bits per heavy atom. The highest BCUT2D eigenvalue weighted by atomic mass is 32.1. The Kier molecular flexibility index (Phi) is 6.95. The number of nitrogens with zero attached hydrogens (tertiary/aromatic N) is 3. The number of carbonyl (C=O) groups is 1. The van der Waals surface area contributed by atoms with E-state index in [9.17, 15) is 4.79 Å². The fourth-order valence-electron chi connectivity index (χ4n) is 4.50. The van der Waals surface area contributed by atoms with Crippen LogP contribution in [0.5, 0.6) is 0 Å². The summed E-state index contributed by atoms with van der Waals surface area (Å²) in [6, 6.07) is 8.41. The first-order chi connectivity index (χ1) is 14.6. The lowest BCUT2D eigenvalue weighted by Crippen LogP contribution is -2.29. The molecule has 30 heavy (non-hydrogen) atoms. The summed E-state index contributed by atoms with van der Waals surface area (Å²) >= 11 is 1.53. The number of para-hydroxylation sites is 1. The van der Waals surface area contributed by atoms with Gasteiger partial charge in [-0.3, -0.25) is 4.79 Å². The Labute approximate surface area is 182 Å². The maximum Gasteiger partial charge on any atom is 0.193 e. The first-order valence-corrected chi connectivity index (χ1v) is 12.1. The van der Waals surface area contributed by atoms with E-state index in [2.05, 4.69) is 64.5 Å². The van der Waals surface area contributed by atoms with E-state index in [4.69, 9.17) is 0 Å². The number of carbonyl (C=O) groups excluding carboxylic acids is 1. The summed E-state index contributed by atoms with van der Waals surface area (Å²) in [6.45, 7) is 4.40. The number of fused-ring (bicyclic) bond motifs is 1. The van der Waals surface area contributed by atoms with Gasteiger partial charge in [0.05, 0.1) is 0 Å². The van der Waals surface area contributed by atoms with Gasteiger partial charge in [-0.15, -0.1) is 10.2 Å². The van der Waals surface area contributed by atoms with E-state index in [1.165, 1.54) is 27.8 Å². The number of nitrogens with one attached hydrogen (secondary N) is 1. The van der Waals surface area contributed by atoms with Crippen LogP contribution in [0.3, 0.4) is 0 Å². The van der Waals surface area contributed by atoms with Gasteiger partial charge in [0.15, 0.2) is 10.8 Å². The molecule has 1 aliphatic rings. The molecule has 4 rings (SSSR count). The van der Waals surface area contributed by atoms with E-state index in [1.807, 2.05) is 0 Å². The molecule has 6 heteroatoms. The van der Waals surface area contributed by atoms with Crippen LogP contribution in [-0.2, 0) is 6.42 Å². The minimum Gasteiger partial charge on any atom is -0.361 e. The number of aromatic nitrogens is 3. The summed E-state index contributed by atoms with van der Waals surface area (Å²) in [5, 5.41) is 11.6. The molecule has 1 aromatic carbocycles. The summed E-state index contributed by atoms with van der Waals surface area (Å²) in [7, 11) is 2.16. The highest BCUT2D eigenvalue weighted by Crippen LogP contribution is 2.31. The Hall–Kier alpha value is -2.05. The number of ketones is 1. The summed E-state index contributed by atoms with van der Waals surface area (Å²) < 4.78 is 0. The smallest absolute Gasteiger partial charge is 0.193 e. The van der Waals surface area contributed by atoms with E-state index >= 15 is 0 Å². The number of hydrogen-bond donors (Lipinski definition) is 1. The van der Waals surface area contributed by atoms with Crippen molar-refractivity contribution in [1.82, 2.24) is 20.1 Å². The topological polar surface area (TPSA) is 61.9 Å². The quantitative estimate of drug-likeness (QED) is 0.464. The maximum atomic E-state index is 13.1. The van der Waals surface area contributed by atoms with Crippen LogP contribution in [0.15, 0.2) is 30.5 Å². The Balaban J connectivity index is 1.43. The van der Waals surface area contributed by atoms with Gasteiger partial charge in [0.1, 0.15) is 5.01 Å². The van der Waals surface area contributed by atoms with Gasteiger partial charge in [0.25, 0.3) is 0 Å². The van der Waals surface area contributed by atoms with Crippen LogP contribution in [0.25, 0.3) is 10.9 Å². The van der Waals surface area contributed by atoms with Gasteiger partial charge in [-0.25, -0.2) is 0 Å². The molecule has 160 valence electrons. The van der Waals surface area contributed by atoms with Crippen LogP contribution in [0.2, 0.25) is 0 Å². The number of Topliss-reactive ketones (excluding diaryl/α,β-unsaturated/α-hetero) is 1. The predicted octanol–water partition coefficient (Wildman–Crippen LogP) is 5.45. The number of H-pyrrole nitrogens is 1. The van der Waals surface area contributed by atoms with Gasteiger partial charge < -0.3 is 9.88 Å². The number of unbranched alkanes of at least 4 members (excludes halogenated alkanes) is 1. The molecule has 1 fully saturated rings. The minimum absolute atomic E-state index is 0.160. The van der Waals surface area contributed by atoms with Gasteiger partial charge in [-0.1, -0.05) is 49.3 Å². The third kappa shape index (κ3) is 4.98. The molecular formula is C24H32N4OS. The van der Waals surface area contributed by atoms with Crippen LogP contribution in [0.4, 0.5) is 0 Å². The SMILES string of the molecule is CCCCC(CC(=O)c1nnc(C2CCN(C)CC2)s1)Cc1c[nH]c2ccccc12. The average molecular weight is 425 g/mol. The molecule has 0 radical (unpaired) electrons. The zero-order chi connectivity index (χ0) is 20.9. The molecule has 1 aliphatic heterocycles. The number of hydrogen-bond acceptors (Lipinski definition) is 5. The van der Waals surface area contributed by atoms with Crippen molar-refractivity contribution in [2.45, 2.75) is 57.8 Å². The Morgan fingerprint density at radius 1 is 1.27 bits per heavy atom. The lowest BCUT2D eigenvalue weighted by molar-refractivity contribution is 0.0957. The molecule has 3 aromatic rings. The maximum absolute atomic E-state index is 13.1. The highest BCUT2D eigenvalue weighted by Gasteiger charge is 2.25. The van der Waals surface area contributed by atoms with Crippen molar-refractivity contribution in [3.05, 3.63) is 46.0 Å². The first kappa shape index (κ1) is 21.2. The van der Waals surface area contributed by atoms with Crippen molar-refractivity contribution < 1.29 is 4.79 Å². The van der Waals surface area contributed by atoms with Gasteiger partial charge in [0.2, 0.25) is 0 Å². The average Bonchev–Trinajstić information content (AvgIpc) is 3.40. The third-order valence-corrected chi connectivity index (χ3v) is 7.50. The second-order valence-electron chi connectivity index (χ2n) is 8.72. The first-order valence-electron chi connectivity index (χ1n) is 11.2. The highest BCUT2D eigenvalue weighted by molar-refractivity contribution is 7.13. The zero-order valence-electron chi connectivity index (χ0n) is 18.1. The van der Waals surface area contributed by atoms with Crippen molar-refractivity contribution in [1.29, 1.82) is 0 Å². The molecule has 1 atom stereocenters. The summed E-state index contributed by atoms with van der Waals surface area (Å²) in [4.78, 5) is 18.8. The molecular weight excluding hydrogens is 392 g/mol. The van der Waals surface area contributed by atoms with Crippen LogP contribution in [0, 0.1) is 5.92 Å². The van der Waals surface area contributed by atoms with Crippen LogP contribution < -0.4 is 0 Å². The second-order valence-corrected chi connectivity index (χ2v) is 9.73. The van der Waals surface area contributed by atoms with Crippen LogP contribution in [0.1, 0.15) is 71.7 Å². The molecule has 5 nitrogen and oxygen atoms in total. The molecule has 1 N–H and O–H groups in total. The van der Waals surface area contributed by atoms with Gasteiger partial charge in [0, 0.05) is 29.4 Å². The fraction of sp³-hybridized carbons (Fsp3) is 0.542. The largest absolute Gasteiger partial charge is 0.361 e. The predicted molar refractivity (Wildman–Crippen MR) is 123 cm³/mol. The normalized spacial score (nSPS) is 16.9. The number of rotatable bonds is 9. The van der Waals surface area contributed by atoms with Crippen LogP contribution >= 0.6 is 11.3 Å². The van der Waals surface area contributed by atoms with Gasteiger partial charge in [-0.05, 0) is 63.4 Å². The molecule has 2 aromatic heterocycles.